The van der Waals surface area contributed by atoms with Gasteiger partial charge in [-0.15, -0.1) is 0 Å². The van der Waals surface area contributed by atoms with Gasteiger partial charge < -0.3 is 15.3 Å². The first-order valence-electron chi connectivity index (χ1n) is 9.85. The van der Waals surface area contributed by atoms with Crippen LogP contribution in [0.1, 0.15) is 49.5 Å². The maximum absolute atomic E-state index is 14.0. The van der Waals surface area contributed by atoms with E-state index in [-0.39, 0.29) is 35.1 Å². The molecule has 2 aromatic carbocycles. The first-order chi connectivity index (χ1) is 13.7. The quantitative estimate of drug-likeness (QED) is 0.809. The molecule has 6 heteroatoms. The van der Waals surface area contributed by atoms with Crippen LogP contribution in [0.25, 0.3) is 0 Å². The van der Waals surface area contributed by atoms with E-state index in [0.29, 0.717) is 19.4 Å². The summed E-state index contributed by atoms with van der Waals surface area (Å²) in [7, 11) is 0. The summed E-state index contributed by atoms with van der Waals surface area (Å²) in [6, 6.07) is 11.5. The number of piperidine rings is 1. The van der Waals surface area contributed by atoms with Crippen LogP contribution in [-0.2, 0) is 10.2 Å². The van der Waals surface area contributed by atoms with Crippen molar-refractivity contribution in [2.45, 2.75) is 39.0 Å². The maximum atomic E-state index is 14.0. The van der Waals surface area contributed by atoms with Gasteiger partial charge in [-0.25, -0.2) is 4.39 Å². The second-order valence-electron chi connectivity index (χ2n) is 8.54. The Bertz CT molecular complexity index is 900. The number of likely N-dealkylation sites (tertiary alicyclic amines) is 1. The number of nitrogens with one attached hydrogen (secondary N) is 1. The predicted molar refractivity (Wildman–Crippen MR) is 110 cm³/mol. The number of halogens is 1. The van der Waals surface area contributed by atoms with Crippen molar-refractivity contribution < 1.29 is 19.1 Å². The standard InChI is InChI=1S/C23H27FN2O3/c1-23(2,3)16-8-4-9-17(13-16)25-21(28)15-7-6-12-26(14-15)22(29)20-18(24)10-5-11-19(20)27/h4-5,8-11,13,15,27H,6-7,12,14H2,1-3H3,(H,25,28). The third-order valence-corrected chi connectivity index (χ3v) is 5.28. The molecular weight excluding hydrogens is 371 g/mol. The third kappa shape index (κ3) is 4.75. The molecule has 1 aliphatic rings. The average molecular weight is 398 g/mol. The van der Waals surface area contributed by atoms with Gasteiger partial charge in [-0.3, -0.25) is 9.59 Å². The number of amides is 2. The van der Waals surface area contributed by atoms with Crippen molar-refractivity contribution in [2.75, 3.05) is 18.4 Å². The topological polar surface area (TPSA) is 69.6 Å². The fourth-order valence-electron chi connectivity index (χ4n) is 3.57. The van der Waals surface area contributed by atoms with E-state index < -0.39 is 11.7 Å². The molecule has 1 saturated heterocycles. The minimum Gasteiger partial charge on any atom is -0.507 e. The molecule has 3 rings (SSSR count). The average Bonchev–Trinajstić information content (AvgIpc) is 2.67. The first-order valence-corrected chi connectivity index (χ1v) is 9.85. The molecule has 0 aliphatic carbocycles. The van der Waals surface area contributed by atoms with Gasteiger partial charge in [0.2, 0.25) is 5.91 Å². The number of aromatic hydroxyl groups is 1. The number of hydrogen-bond acceptors (Lipinski definition) is 3. The second kappa shape index (κ2) is 8.23. The van der Waals surface area contributed by atoms with Gasteiger partial charge in [0.25, 0.3) is 5.91 Å². The fourth-order valence-corrected chi connectivity index (χ4v) is 3.57. The Kier molecular flexibility index (Phi) is 5.91. The van der Waals surface area contributed by atoms with Crippen molar-refractivity contribution >= 4 is 17.5 Å². The van der Waals surface area contributed by atoms with Crippen molar-refractivity contribution in [1.82, 2.24) is 4.90 Å². The molecule has 1 fully saturated rings. The molecule has 0 saturated carbocycles. The molecule has 2 amide bonds. The van der Waals surface area contributed by atoms with Crippen LogP contribution in [0, 0.1) is 11.7 Å². The zero-order valence-electron chi connectivity index (χ0n) is 17.0. The predicted octanol–water partition coefficient (Wildman–Crippen LogP) is 4.32. The number of hydrogen-bond donors (Lipinski definition) is 2. The Morgan fingerprint density at radius 3 is 2.59 bits per heavy atom. The highest BCUT2D eigenvalue weighted by Crippen LogP contribution is 2.27. The maximum Gasteiger partial charge on any atom is 0.260 e. The Morgan fingerprint density at radius 1 is 1.17 bits per heavy atom. The first kappa shape index (κ1) is 20.8. The molecule has 5 nitrogen and oxygen atoms in total. The summed E-state index contributed by atoms with van der Waals surface area (Å²) in [6.45, 7) is 6.94. The molecule has 1 heterocycles. The van der Waals surface area contributed by atoms with Gasteiger partial charge in [0.1, 0.15) is 17.1 Å². The molecule has 2 aromatic rings. The highest BCUT2D eigenvalue weighted by Gasteiger charge is 2.31. The molecule has 0 bridgehead atoms. The van der Waals surface area contributed by atoms with Gasteiger partial charge in [-0.2, -0.15) is 0 Å². The van der Waals surface area contributed by atoms with E-state index >= 15 is 0 Å². The van der Waals surface area contributed by atoms with E-state index in [2.05, 4.69) is 26.1 Å². The van der Waals surface area contributed by atoms with Crippen molar-refractivity contribution in [3.8, 4) is 5.75 Å². The van der Waals surface area contributed by atoms with Crippen LogP contribution in [0.2, 0.25) is 0 Å². The number of carbonyl (C=O) groups is 2. The third-order valence-electron chi connectivity index (χ3n) is 5.28. The van der Waals surface area contributed by atoms with Crippen LogP contribution < -0.4 is 5.32 Å². The monoisotopic (exact) mass is 398 g/mol. The van der Waals surface area contributed by atoms with Crippen LogP contribution in [0.3, 0.4) is 0 Å². The van der Waals surface area contributed by atoms with Gasteiger partial charge in [0.15, 0.2) is 0 Å². The van der Waals surface area contributed by atoms with E-state index in [1.165, 1.54) is 17.0 Å². The number of benzene rings is 2. The van der Waals surface area contributed by atoms with Crippen molar-refractivity contribution in [3.05, 3.63) is 59.4 Å². The molecule has 29 heavy (non-hydrogen) atoms. The number of phenolic OH excluding ortho intramolecular Hbond substituents is 1. The lowest BCUT2D eigenvalue weighted by Crippen LogP contribution is -2.44. The zero-order valence-corrected chi connectivity index (χ0v) is 17.0. The molecule has 0 spiro atoms. The minimum atomic E-state index is -0.763. The van der Waals surface area contributed by atoms with Gasteiger partial charge in [0.05, 0.1) is 5.92 Å². The summed E-state index contributed by atoms with van der Waals surface area (Å²) in [5, 5.41) is 12.8. The summed E-state index contributed by atoms with van der Waals surface area (Å²) in [4.78, 5) is 27.0. The van der Waals surface area contributed by atoms with E-state index in [0.717, 1.165) is 17.3 Å². The highest BCUT2D eigenvalue weighted by molar-refractivity contribution is 5.98. The lowest BCUT2D eigenvalue weighted by atomic mass is 9.87. The largest absolute Gasteiger partial charge is 0.507 e. The Labute approximate surface area is 170 Å². The van der Waals surface area contributed by atoms with Gasteiger partial charge in [0, 0.05) is 18.8 Å². The molecule has 154 valence electrons. The molecule has 0 radical (unpaired) electrons. The smallest absolute Gasteiger partial charge is 0.260 e. The van der Waals surface area contributed by atoms with Gasteiger partial charge in [-0.1, -0.05) is 39.0 Å². The number of anilines is 1. The summed E-state index contributed by atoms with van der Waals surface area (Å²) in [6.07, 6.45) is 1.29. The SMILES string of the molecule is CC(C)(C)c1cccc(NC(=O)C2CCCN(C(=O)c3c(O)cccc3F)C2)c1. The lowest BCUT2D eigenvalue weighted by molar-refractivity contribution is -0.121. The molecule has 1 atom stereocenters. The Morgan fingerprint density at radius 2 is 1.90 bits per heavy atom. The van der Waals surface area contributed by atoms with E-state index in [9.17, 15) is 19.1 Å². The number of nitrogens with zero attached hydrogens (tertiary/aromatic N) is 1. The molecule has 1 aliphatic heterocycles. The number of phenols is 1. The Hall–Kier alpha value is -2.89. The van der Waals surface area contributed by atoms with Gasteiger partial charge in [-0.05, 0) is 48.1 Å². The minimum absolute atomic E-state index is 0.0312. The van der Waals surface area contributed by atoms with Crippen molar-refractivity contribution in [2.24, 2.45) is 5.92 Å². The lowest BCUT2D eigenvalue weighted by Gasteiger charge is -2.32. The van der Waals surface area contributed by atoms with Crippen LogP contribution in [0.4, 0.5) is 10.1 Å². The summed E-state index contributed by atoms with van der Waals surface area (Å²) >= 11 is 0. The summed E-state index contributed by atoms with van der Waals surface area (Å²) in [5.41, 5.74) is 1.46. The van der Waals surface area contributed by atoms with E-state index in [1.54, 1.807) is 0 Å². The van der Waals surface area contributed by atoms with Crippen LogP contribution >= 0.6 is 0 Å². The number of carbonyl (C=O) groups excluding carboxylic acids is 2. The molecular formula is C23H27FN2O3. The molecule has 1 unspecified atom stereocenters. The van der Waals surface area contributed by atoms with E-state index in [4.69, 9.17) is 0 Å². The molecule has 0 aromatic heterocycles. The Balaban J connectivity index is 1.71. The highest BCUT2D eigenvalue weighted by atomic mass is 19.1. The normalized spacial score (nSPS) is 17.1. The van der Waals surface area contributed by atoms with Gasteiger partial charge >= 0.3 is 0 Å². The van der Waals surface area contributed by atoms with Crippen LogP contribution in [0.15, 0.2) is 42.5 Å². The van der Waals surface area contributed by atoms with Crippen LogP contribution in [0.5, 0.6) is 5.75 Å². The van der Waals surface area contributed by atoms with E-state index in [1.807, 2.05) is 24.3 Å². The summed E-state index contributed by atoms with van der Waals surface area (Å²) < 4.78 is 14.0. The second-order valence-corrected chi connectivity index (χ2v) is 8.54. The zero-order chi connectivity index (χ0) is 21.2. The van der Waals surface area contributed by atoms with Crippen molar-refractivity contribution in [3.63, 3.8) is 0 Å². The fraction of sp³-hybridized carbons (Fsp3) is 0.391. The molecule has 2 N–H and O–H groups in total. The summed E-state index contributed by atoms with van der Waals surface area (Å²) in [5.74, 6) is -2.29. The van der Waals surface area contributed by atoms with Crippen LogP contribution in [-0.4, -0.2) is 34.9 Å². The van der Waals surface area contributed by atoms with Crippen molar-refractivity contribution in [1.29, 1.82) is 0 Å². The number of rotatable bonds is 3.